The molecule has 0 bridgehead atoms. The highest BCUT2D eigenvalue weighted by molar-refractivity contribution is 5.89. The second-order valence-corrected chi connectivity index (χ2v) is 6.34. The third-order valence-corrected chi connectivity index (χ3v) is 4.81. The topological polar surface area (TPSA) is 29.0 Å². The van der Waals surface area contributed by atoms with Crippen molar-refractivity contribution in [1.29, 1.82) is 0 Å². The molecule has 1 aliphatic heterocycles. The van der Waals surface area contributed by atoms with E-state index in [9.17, 15) is 0 Å². The lowest BCUT2D eigenvalue weighted by Gasteiger charge is -2.54. The SMILES string of the molecule is CCCC1(C(C)C)CN(c2ncnc3ccccc23)C1. The largest absolute Gasteiger partial charge is 0.355 e. The maximum absolute atomic E-state index is 4.53. The number of anilines is 1. The zero-order valence-electron chi connectivity index (χ0n) is 12.6. The highest BCUT2D eigenvalue weighted by Crippen LogP contribution is 2.44. The molecule has 0 amide bonds. The van der Waals surface area contributed by atoms with E-state index < -0.39 is 0 Å². The van der Waals surface area contributed by atoms with Gasteiger partial charge >= 0.3 is 0 Å². The minimum absolute atomic E-state index is 0.473. The van der Waals surface area contributed by atoms with Crippen LogP contribution in [0.25, 0.3) is 10.9 Å². The summed E-state index contributed by atoms with van der Waals surface area (Å²) in [7, 11) is 0. The molecule has 20 heavy (non-hydrogen) atoms. The van der Waals surface area contributed by atoms with E-state index in [-0.39, 0.29) is 0 Å². The van der Waals surface area contributed by atoms with E-state index in [4.69, 9.17) is 0 Å². The zero-order chi connectivity index (χ0) is 14.2. The second-order valence-electron chi connectivity index (χ2n) is 6.34. The second kappa shape index (κ2) is 5.04. The molecule has 0 N–H and O–H groups in total. The molecule has 0 unspecified atom stereocenters. The Morgan fingerprint density at radius 1 is 1.20 bits per heavy atom. The summed E-state index contributed by atoms with van der Waals surface area (Å²) in [5.41, 5.74) is 1.51. The number of hydrogen-bond donors (Lipinski definition) is 0. The molecule has 1 aromatic heterocycles. The van der Waals surface area contributed by atoms with Gasteiger partial charge in [-0.1, -0.05) is 39.3 Å². The van der Waals surface area contributed by atoms with Crippen LogP contribution in [0.5, 0.6) is 0 Å². The van der Waals surface area contributed by atoms with Gasteiger partial charge in [0.05, 0.1) is 5.52 Å². The van der Waals surface area contributed by atoms with Crippen LogP contribution < -0.4 is 4.90 Å². The van der Waals surface area contributed by atoms with Gasteiger partial charge < -0.3 is 4.90 Å². The highest BCUT2D eigenvalue weighted by atomic mass is 15.3. The van der Waals surface area contributed by atoms with Crippen molar-refractivity contribution in [3.63, 3.8) is 0 Å². The lowest BCUT2D eigenvalue weighted by Crippen LogP contribution is -2.59. The van der Waals surface area contributed by atoms with Crippen molar-refractivity contribution in [3.8, 4) is 0 Å². The predicted molar refractivity (Wildman–Crippen MR) is 83.9 cm³/mol. The van der Waals surface area contributed by atoms with Crippen LogP contribution in [0.1, 0.15) is 33.6 Å². The summed E-state index contributed by atoms with van der Waals surface area (Å²) >= 11 is 0. The van der Waals surface area contributed by atoms with Gasteiger partial charge in [0, 0.05) is 23.9 Å². The van der Waals surface area contributed by atoms with Crippen LogP contribution in [0.3, 0.4) is 0 Å². The number of fused-ring (bicyclic) bond motifs is 1. The Balaban J connectivity index is 1.88. The number of aromatic nitrogens is 2. The summed E-state index contributed by atoms with van der Waals surface area (Å²) in [5, 5.41) is 1.17. The van der Waals surface area contributed by atoms with Crippen molar-refractivity contribution < 1.29 is 0 Å². The summed E-state index contributed by atoms with van der Waals surface area (Å²) < 4.78 is 0. The summed E-state index contributed by atoms with van der Waals surface area (Å²) in [4.78, 5) is 11.3. The van der Waals surface area contributed by atoms with E-state index >= 15 is 0 Å². The van der Waals surface area contributed by atoms with Gasteiger partial charge in [0.25, 0.3) is 0 Å². The van der Waals surface area contributed by atoms with E-state index in [1.54, 1.807) is 6.33 Å². The maximum Gasteiger partial charge on any atom is 0.139 e. The van der Waals surface area contributed by atoms with Crippen molar-refractivity contribution in [2.24, 2.45) is 11.3 Å². The average molecular weight is 269 g/mol. The molecule has 0 aliphatic carbocycles. The Hall–Kier alpha value is -1.64. The van der Waals surface area contributed by atoms with Crippen molar-refractivity contribution in [1.82, 2.24) is 9.97 Å². The number of rotatable bonds is 4. The van der Waals surface area contributed by atoms with Gasteiger partial charge in [0.2, 0.25) is 0 Å². The molecule has 3 nitrogen and oxygen atoms in total. The summed E-state index contributed by atoms with van der Waals surface area (Å²) in [6.45, 7) is 9.24. The molecule has 2 aromatic rings. The molecule has 0 radical (unpaired) electrons. The molecule has 3 heteroatoms. The Labute approximate surface area is 121 Å². The van der Waals surface area contributed by atoms with Gasteiger partial charge in [-0.2, -0.15) is 0 Å². The molecule has 1 aromatic carbocycles. The molecular formula is C17H23N3. The molecular weight excluding hydrogens is 246 g/mol. The van der Waals surface area contributed by atoms with Gasteiger partial charge in [-0.3, -0.25) is 0 Å². The van der Waals surface area contributed by atoms with Crippen molar-refractivity contribution in [2.45, 2.75) is 33.6 Å². The lowest BCUT2D eigenvalue weighted by atomic mass is 9.68. The van der Waals surface area contributed by atoms with Gasteiger partial charge in [0.1, 0.15) is 12.1 Å². The standard InChI is InChI=1S/C17H23N3/c1-4-9-17(13(2)3)10-20(11-17)16-14-7-5-6-8-15(14)18-12-19-16/h5-8,12-13H,4,9-11H2,1-3H3. The summed E-state index contributed by atoms with van der Waals surface area (Å²) in [6, 6.07) is 8.28. The first-order valence-electron chi connectivity index (χ1n) is 7.61. The average Bonchev–Trinajstić information content (AvgIpc) is 2.41. The number of hydrogen-bond acceptors (Lipinski definition) is 3. The fourth-order valence-corrected chi connectivity index (χ4v) is 3.42. The fourth-order valence-electron chi connectivity index (χ4n) is 3.42. The summed E-state index contributed by atoms with van der Waals surface area (Å²) in [6.07, 6.45) is 4.26. The normalized spacial score (nSPS) is 17.5. The molecule has 1 aliphatic rings. The van der Waals surface area contributed by atoms with Crippen LogP contribution in [0.15, 0.2) is 30.6 Å². The Kier molecular flexibility index (Phi) is 3.36. The molecule has 0 saturated carbocycles. The van der Waals surface area contributed by atoms with Crippen molar-refractivity contribution in [2.75, 3.05) is 18.0 Å². The third kappa shape index (κ3) is 2.05. The van der Waals surface area contributed by atoms with Crippen molar-refractivity contribution in [3.05, 3.63) is 30.6 Å². The maximum atomic E-state index is 4.53. The summed E-state index contributed by atoms with van der Waals surface area (Å²) in [5.74, 6) is 1.83. The van der Waals surface area contributed by atoms with E-state index in [1.165, 1.54) is 18.2 Å². The van der Waals surface area contributed by atoms with Crippen LogP contribution in [0, 0.1) is 11.3 Å². The van der Waals surface area contributed by atoms with Crippen LogP contribution in [0.2, 0.25) is 0 Å². The predicted octanol–water partition coefficient (Wildman–Crippen LogP) is 3.89. The minimum Gasteiger partial charge on any atom is -0.355 e. The first-order chi connectivity index (χ1) is 9.66. The lowest BCUT2D eigenvalue weighted by molar-refractivity contribution is 0.118. The monoisotopic (exact) mass is 269 g/mol. The van der Waals surface area contributed by atoms with Crippen LogP contribution in [-0.2, 0) is 0 Å². The number of nitrogens with zero attached hydrogens (tertiary/aromatic N) is 3. The molecule has 3 rings (SSSR count). The number of para-hydroxylation sites is 1. The van der Waals surface area contributed by atoms with Gasteiger partial charge in [-0.05, 0) is 24.5 Å². The van der Waals surface area contributed by atoms with Crippen LogP contribution in [-0.4, -0.2) is 23.1 Å². The van der Waals surface area contributed by atoms with Gasteiger partial charge in [-0.25, -0.2) is 9.97 Å². The molecule has 2 heterocycles. The quantitative estimate of drug-likeness (QED) is 0.843. The minimum atomic E-state index is 0.473. The number of benzene rings is 1. The Morgan fingerprint density at radius 3 is 2.65 bits per heavy atom. The van der Waals surface area contributed by atoms with Crippen LogP contribution in [0.4, 0.5) is 5.82 Å². The third-order valence-electron chi connectivity index (χ3n) is 4.81. The Bertz CT molecular complexity index is 595. The van der Waals surface area contributed by atoms with Gasteiger partial charge in [0.15, 0.2) is 0 Å². The molecule has 1 saturated heterocycles. The highest BCUT2D eigenvalue weighted by Gasteiger charge is 2.45. The molecule has 0 spiro atoms. The van der Waals surface area contributed by atoms with Gasteiger partial charge in [-0.15, -0.1) is 0 Å². The van der Waals surface area contributed by atoms with Crippen LogP contribution >= 0.6 is 0 Å². The smallest absolute Gasteiger partial charge is 0.139 e. The van der Waals surface area contributed by atoms with E-state index in [2.05, 4.69) is 53.8 Å². The molecule has 0 atom stereocenters. The molecule has 106 valence electrons. The van der Waals surface area contributed by atoms with Crippen molar-refractivity contribution >= 4 is 16.7 Å². The first-order valence-corrected chi connectivity index (χ1v) is 7.61. The van der Waals surface area contributed by atoms with E-state index in [1.807, 2.05) is 6.07 Å². The van der Waals surface area contributed by atoms with E-state index in [0.717, 1.165) is 30.3 Å². The Morgan fingerprint density at radius 2 is 1.95 bits per heavy atom. The van der Waals surface area contributed by atoms with E-state index in [0.29, 0.717) is 5.41 Å². The zero-order valence-corrected chi connectivity index (χ0v) is 12.6. The fraction of sp³-hybridized carbons (Fsp3) is 0.529. The first kappa shape index (κ1) is 13.3. The molecule has 1 fully saturated rings.